The first-order chi connectivity index (χ1) is 8.99. The van der Waals surface area contributed by atoms with E-state index >= 15 is 0 Å². The molecule has 0 saturated heterocycles. The fourth-order valence-corrected chi connectivity index (χ4v) is 1.61. The Kier molecular flexibility index (Phi) is 4.42. The van der Waals surface area contributed by atoms with Crippen LogP contribution in [0.25, 0.3) is 0 Å². The second-order valence-electron chi connectivity index (χ2n) is 3.82. The summed E-state index contributed by atoms with van der Waals surface area (Å²) in [6.45, 7) is 8.24. The Bertz CT molecular complexity index is 666. The number of nitrogens with zero attached hydrogens (tertiary/aromatic N) is 4. The van der Waals surface area contributed by atoms with E-state index in [-0.39, 0.29) is 13.1 Å². The molecule has 1 heterocycles. The Morgan fingerprint density at radius 3 is 1.84 bits per heavy atom. The third-order valence-corrected chi connectivity index (χ3v) is 2.53. The van der Waals surface area contributed by atoms with Gasteiger partial charge in [-0.2, -0.15) is 5.26 Å². The highest BCUT2D eigenvalue weighted by Crippen LogP contribution is 1.93. The zero-order chi connectivity index (χ0) is 14.6. The quantitative estimate of drug-likeness (QED) is 0.677. The van der Waals surface area contributed by atoms with Crippen molar-refractivity contribution < 1.29 is 0 Å². The molecule has 1 rings (SSSR count). The lowest BCUT2D eigenvalue weighted by molar-refractivity contribution is 0.468. The number of allylic oxidation sites excluding steroid dienone is 2. The summed E-state index contributed by atoms with van der Waals surface area (Å²) in [6.07, 6.45) is 2.74. The van der Waals surface area contributed by atoms with E-state index in [4.69, 9.17) is 5.26 Å². The van der Waals surface area contributed by atoms with Gasteiger partial charge in [-0.1, -0.05) is 12.2 Å². The highest BCUT2D eigenvalue weighted by atomic mass is 16.2. The monoisotopic (exact) mass is 262 g/mol. The second kappa shape index (κ2) is 5.82. The largest absolute Gasteiger partial charge is 0.337 e. The van der Waals surface area contributed by atoms with Crippen molar-refractivity contribution in [3.8, 4) is 6.07 Å². The number of hydrogen-bond donors (Lipinski definition) is 0. The van der Waals surface area contributed by atoms with E-state index in [2.05, 4.69) is 13.2 Å². The zero-order valence-electron chi connectivity index (χ0n) is 10.6. The first-order valence-electron chi connectivity index (χ1n) is 5.57. The summed E-state index contributed by atoms with van der Waals surface area (Å²) < 4.78 is 2.45. The molecule has 0 N–H and O–H groups in total. The van der Waals surface area contributed by atoms with Gasteiger partial charge in [0.1, 0.15) is 6.04 Å². The molecule has 0 aliphatic heterocycles. The Balaban J connectivity index is 3.85. The van der Waals surface area contributed by atoms with Crippen LogP contribution in [0.4, 0.5) is 0 Å². The van der Waals surface area contributed by atoms with Gasteiger partial charge in [0.2, 0.25) is 0 Å². The molecule has 7 nitrogen and oxygen atoms in total. The fourth-order valence-electron chi connectivity index (χ4n) is 1.61. The molecule has 1 unspecified atom stereocenters. The minimum Gasteiger partial charge on any atom is -0.247 e. The second-order valence-corrected chi connectivity index (χ2v) is 3.82. The van der Waals surface area contributed by atoms with Crippen LogP contribution in [0.5, 0.6) is 0 Å². The average molecular weight is 262 g/mol. The smallest absolute Gasteiger partial charge is 0.247 e. The van der Waals surface area contributed by atoms with E-state index in [0.717, 1.165) is 13.7 Å². The van der Waals surface area contributed by atoms with Crippen LogP contribution in [0.1, 0.15) is 13.0 Å². The zero-order valence-corrected chi connectivity index (χ0v) is 10.6. The Morgan fingerprint density at radius 2 is 1.53 bits per heavy atom. The Morgan fingerprint density at radius 1 is 1.11 bits per heavy atom. The summed E-state index contributed by atoms with van der Waals surface area (Å²) in [5.74, 6) is 0. The summed E-state index contributed by atoms with van der Waals surface area (Å²) in [6, 6.07) is 0.839. The first-order valence-corrected chi connectivity index (χ1v) is 5.57. The van der Waals surface area contributed by atoms with E-state index in [9.17, 15) is 14.4 Å². The minimum absolute atomic E-state index is 0.0345. The van der Waals surface area contributed by atoms with Crippen LogP contribution in [0.3, 0.4) is 0 Å². The van der Waals surface area contributed by atoms with E-state index in [1.165, 1.54) is 19.1 Å². The third kappa shape index (κ3) is 2.47. The van der Waals surface area contributed by atoms with Gasteiger partial charge < -0.3 is 0 Å². The van der Waals surface area contributed by atoms with Gasteiger partial charge in [0.15, 0.2) is 0 Å². The molecule has 0 bridgehead atoms. The standard InChI is InChI=1S/C12H14N4O3/c1-4-6-14-10(17)15(7-5-2)12(19)16(11(14)18)9(3)8-13/h4-5,9H,1-2,6-7H2,3H3. The maximum Gasteiger partial charge on any atom is 0.337 e. The van der Waals surface area contributed by atoms with E-state index in [0.29, 0.717) is 0 Å². The highest BCUT2D eigenvalue weighted by Gasteiger charge is 2.17. The molecular formula is C12H14N4O3. The normalized spacial score (nSPS) is 11.6. The number of rotatable bonds is 5. The van der Waals surface area contributed by atoms with Gasteiger partial charge in [-0.25, -0.2) is 28.1 Å². The molecule has 0 radical (unpaired) electrons. The molecule has 0 amide bonds. The topological polar surface area (TPSA) is 89.8 Å². The van der Waals surface area contributed by atoms with Crippen molar-refractivity contribution >= 4 is 0 Å². The first kappa shape index (κ1) is 14.4. The Hall–Kier alpha value is -2.62. The van der Waals surface area contributed by atoms with Crippen molar-refractivity contribution in [1.29, 1.82) is 5.26 Å². The fraction of sp³-hybridized carbons (Fsp3) is 0.333. The third-order valence-electron chi connectivity index (χ3n) is 2.53. The number of nitriles is 1. The van der Waals surface area contributed by atoms with Crippen LogP contribution in [0.2, 0.25) is 0 Å². The van der Waals surface area contributed by atoms with Crippen LogP contribution in [-0.4, -0.2) is 13.7 Å². The summed E-state index contributed by atoms with van der Waals surface area (Å²) in [5, 5.41) is 8.86. The van der Waals surface area contributed by atoms with Gasteiger partial charge in [0, 0.05) is 0 Å². The maximum atomic E-state index is 12.0. The van der Waals surface area contributed by atoms with Gasteiger partial charge in [-0.05, 0) is 6.92 Å². The van der Waals surface area contributed by atoms with Crippen molar-refractivity contribution in [2.45, 2.75) is 26.1 Å². The van der Waals surface area contributed by atoms with Crippen molar-refractivity contribution in [3.05, 3.63) is 56.8 Å². The minimum atomic E-state index is -0.965. The molecule has 7 heteroatoms. The number of hydrogen-bond acceptors (Lipinski definition) is 4. The summed E-state index contributed by atoms with van der Waals surface area (Å²) in [4.78, 5) is 36.1. The molecule has 0 aliphatic carbocycles. The average Bonchev–Trinajstić information content (AvgIpc) is 2.39. The molecule has 0 fully saturated rings. The maximum absolute atomic E-state index is 12.0. The highest BCUT2D eigenvalue weighted by molar-refractivity contribution is 4.92. The van der Waals surface area contributed by atoms with E-state index < -0.39 is 23.1 Å². The molecule has 19 heavy (non-hydrogen) atoms. The van der Waals surface area contributed by atoms with Crippen molar-refractivity contribution in [3.63, 3.8) is 0 Å². The van der Waals surface area contributed by atoms with Crippen LogP contribution in [0.15, 0.2) is 39.7 Å². The van der Waals surface area contributed by atoms with E-state index in [1.807, 2.05) is 0 Å². The molecule has 0 aromatic carbocycles. The van der Waals surface area contributed by atoms with Gasteiger partial charge in [-0.3, -0.25) is 0 Å². The molecular weight excluding hydrogens is 248 g/mol. The molecule has 1 aromatic rings. The van der Waals surface area contributed by atoms with Crippen LogP contribution in [0, 0.1) is 11.3 Å². The van der Waals surface area contributed by atoms with Crippen molar-refractivity contribution in [2.24, 2.45) is 0 Å². The lowest BCUT2D eigenvalue weighted by atomic mass is 10.4. The van der Waals surface area contributed by atoms with Gasteiger partial charge in [-0.15, -0.1) is 13.2 Å². The predicted molar refractivity (Wildman–Crippen MR) is 69.9 cm³/mol. The van der Waals surface area contributed by atoms with Gasteiger partial charge in [0.05, 0.1) is 19.2 Å². The van der Waals surface area contributed by atoms with E-state index in [1.54, 1.807) is 6.07 Å². The molecule has 100 valence electrons. The predicted octanol–water partition coefficient (Wildman–Crippen LogP) is -0.372. The number of aromatic nitrogens is 3. The Labute approximate surface area is 109 Å². The summed E-state index contributed by atoms with van der Waals surface area (Å²) in [7, 11) is 0. The lowest BCUT2D eigenvalue weighted by Crippen LogP contribution is -2.54. The van der Waals surface area contributed by atoms with Crippen molar-refractivity contribution in [1.82, 2.24) is 13.7 Å². The van der Waals surface area contributed by atoms with Gasteiger partial charge in [0.25, 0.3) is 0 Å². The molecule has 0 saturated carbocycles. The molecule has 1 atom stereocenters. The summed E-state index contributed by atoms with van der Waals surface area (Å²) in [5.41, 5.74) is -2.37. The SMILES string of the molecule is C=CCn1c(=O)n(CC=C)c(=O)n(C(C)C#N)c1=O. The molecule has 0 spiro atoms. The van der Waals surface area contributed by atoms with Crippen molar-refractivity contribution in [2.75, 3.05) is 0 Å². The lowest BCUT2D eigenvalue weighted by Gasteiger charge is -2.12. The summed E-state index contributed by atoms with van der Waals surface area (Å²) >= 11 is 0. The van der Waals surface area contributed by atoms with Crippen LogP contribution < -0.4 is 17.1 Å². The molecule has 1 aromatic heterocycles. The van der Waals surface area contributed by atoms with Crippen LogP contribution in [-0.2, 0) is 13.1 Å². The molecule has 0 aliphatic rings. The van der Waals surface area contributed by atoms with Gasteiger partial charge >= 0.3 is 17.1 Å². The van der Waals surface area contributed by atoms with Crippen LogP contribution >= 0.6 is 0 Å².